The van der Waals surface area contributed by atoms with Crippen LogP contribution in [0.15, 0.2) is 47.9 Å². The average Bonchev–Trinajstić information content (AvgIpc) is 3.09. The second kappa shape index (κ2) is 8.18. The minimum Gasteiger partial charge on any atom is -0.309 e. The Kier molecular flexibility index (Phi) is 6.20. The van der Waals surface area contributed by atoms with Crippen molar-refractivity contribution in [3.63, 3.8) is 0 Å². The Labute approximate surface area is 149 Å². The molecule has 1 atom stereocenters. The number of carbonyl (C=O) groups excluding carboxylic acids is 2. The molecule has 0 bridgehead atoms. The molecule has 1 heterocycles. The number of hydrogen-bond acceptors (Lipinski definition) is 7. The van der Waals surface area contributed by atoms with Gasteiger partial charge in [-0.15, -0.1) is 0 Å². The van der Waals surface area contributed by atoms with Crippen LogP contribution < -0.4 is 0 Å². The molecular weight excluding hydrogens is 363 g/mol. The van der Waals surface area contributed by atoms with Crippen molar-refractivity contribution in [2.24, 2.45) is 0 Å². The lowest BCUT2D eigenvalue weighted by atomic mass is 10.1. The van der Waals surface area contributed by atoms with Gasteiger partial charge in [0.25, 0.3) is 11.6 Å². The molecule has 1 aliphatic rings. The van der Waals surface area contributed by atoms with E-state index in [9.17, 15) is 24.3 Å². The van der Waals surface area contributed by atoms with E-state index in [-0.39, 0.29) is 17.7 Å². The van der Waals surface area contributed by atoms with Crippen LogP contribution in [0.4, 0.5) is 5.69 Å². The summed E-state index contributed by atoms with van der Waals surface area (Å²) in [5.74, 6) is 0.555. The summed E-state index contributed by atoms with van der Waals surface area (Å²) in [7, 11) is -0.922. The van der Waals surface area contributed by atoms with E-state index in [1.807, 2.05) is 0 Å². The number of hydrogen-bond donors (Lipinski definition) is 0. The number of nitro benzene ring substituents is 1. The van der Waals surface area contributed by atoms with E-state index in [1.54, 1.807) is 0 Å². The smallest absolute Gasteiger partial charge is 0.309 e. The molecule has 10 heteroatoms. The quantitative estimate of drug-likeness (QED) is 0.309. The zero-order valence-corrected chi connectivity index (χ0v) is 15.0. The Morgan fingerprint density at radius 1 is 1.35 bits per heavy atom. The lowest BCUT2D eigenvalue weighted by Crippen LogP contribution is -2.34. The number of nitro groups is 1. The Morgan fingerprint density at radius 3 is 2.58 bits per heavy atom. The van der Waals surface area contributed by atoms with E-state index in [4.69, 9.17) is 9.05 Å². The van der Waals surface area contributed by atoms with Crippen LogP contribution in [0.2, 0.25) is 0 Å². The second-order valence-electron chi connectivity index (χ2n) is 5.32. The fourth-order valence-electron chi connectivity index (χ4n) is 2.44. The Balaban J connectivity index is 2.33. The van der Waals surface area contributed by atoms with Crippen LogP contribution in [0, 0.1) is 10.1 Å². The molecule has 0 spiro atoms. The molecule has 0 aromatic heterocycles. The zero-order valence-electron chi connectivity index (χ0n) is 14.1. The summed E-state index contributed by atoms with van der Waals surface area (Å²) in [6.45, 7) is 0. The zero-order chi connectivity index (χ0) is 19.3. The van der Waals surface area contributed by atoms with E-state index >= 15 is 0 Å². The van der Waals surface area contributed by atoms with Crippen LogP contribution in [0.5, 0.6) is 0 Å². The number of nitrogens with zero attached hydrogens (tertiary/aromatic N) is 2. The molecule has 9 nitrogen and oxygen atoms in total. The van der Waals surface area contributed by atoms with Gasteiger partial charge in [-0.05, 0) is 17.7 Å². The van der Waals surface area contributed by atoms with Gasteiger partial charge in [0.15, 0.2) is 0 Å². The van der Waals surface area contributed by atoms with Crippen LogP contribution in [0.25, 0.3) is 0 Å². The van der Waals surface area contributed by atoms with Gasteiger partial charge in [0.1, 0.15) is 11.8 Å². The van der Waals surface area contributed by atoms with E-state index in [2.05, 4.69) is 0 Å². The summed E-state index contributed by atoms with van der Waals surface area (Å²) in [4.78, 5) is 35.6. The third kappa shape index (κ3) is 4.13. The first-order valence-corrected chi connectivity index (χ1v) is 9.09. The normalized spacial score (nSPS) is 17.4. The second-order valence-corrected chi connectivity index (χ2v) is 7.43. The molecule has 0 radical (unpaired) electrons. The molecule has 1 aromatic carbocycles. The summed E-state index contributed by atoms with van der Waals surface area (Å²) in [5, 5.41) is 11.1. The predicted octanol–water partition coefficient (Wildman–Crippen LogP) is 2.89. The van der Waals surface area contributed by atoms with Crippen LogP contribution >= 0.6 is 7.60 Å². The Morgan fingerprint density at radius 2 is 2.00 bits per heavy atom. The summed E-state index contributed by atoms with van der Waals surface area (Å²) >= 11 is 0. The lowest BCUT2D eigenvalue weighted by Gasteiger charge is -2.18. The molecular formula is C16H17N2O7P. The molecule has 0 N–H and O–H groups in total. The van der Waals surface area contributed by atoms with Crippen LogP contribution in [0.1, 0.15) is 16.8 Å². The number of allylic oxidation sites excluding steroid dienone is 1. The van der Waals surface area contributed by atoms with Gasteiger partial charge in [-0.1, -0.05) is 12.1 Å². The van der Waals surface area contributed by atoms with Gasteiger partial charge in [-0.3, -0.25) is 19.5 Å². The first kappa shape index (κ1) is 19.7. The molecule has 1 aliphatic heterocycles. The maximum absolute atomic E-state index is 12.7. The highest BCUT2D eigenvalue weighted by molar-refractivity contribution is 7.57. The highest BCUT2D eigenvalue weighted by Crippen LogP contribution is 2.48. The maximum Gasteiger partial charge on any atom is 0.353 e. The Hall–Kier alpha value is -2.61. The predicted molar refractivity (Wildman–Crippen MR) is 92.6 cm³/mol. The average molecular weight is 380 g/mol. The maximum atomic E-state index is 12.7. The molecule has 138 valence electrons. The van der Waals surface area contributed by atoms with Gasteiger partial charge >= 0.3 is 7.60 Å². The molecule has 1 amide bonds. The van der Waals surface area contributed by atoms with Crippen molar-refractivity contribution in [3.8, 4) is 0 Å². The molecule has 0 aliphatic carbocycles. The number of para-hydroxylation sites is 1. The van der Waals surface area contributed by atoms with Crippen molar-refractivity contribution < 1.29 is 28.1 Å². The standard InChI is InChI=1S/C16H17N2O7P/c1-24-26(23,25-2)8-7-12-9-13(11-19)17(10-12)16(20)14-5-3-4-6-15(14)18(21)22/h3-8,10-11,13H,9H2,1-2H3/b8-7+. The van der Waals surface area contributed by atoms with Crippen molar-refractivity contribution in [1.29, 1.82) is 0 Å². The van der Waals surface area contributed by atoms with E-state index in [0.29, 0.717) is 11.9 Å². The number of amides is 1. The number of rotatable bonds is 7. The highest BCUT2D eigenvalue weighted by atomic mass is 31.2. The number of benzene rings is 1. The molecule has 1 aromatic rings. The van der Waals surface area contributed by atoms with Gasteiger partial charge in [0, 0.05) is 38.7 Å². The van der Waals surface area contributed by atoms with Gasteiger partial charge in [0.05, 0.1) is 11.0 Å². The minimum atomic E-state index is -3.39. The fourth-order valence-corrected chi connectivity index (χ4v) is 3.20. The third-order valence-corrected chi connectivity index (χ3v) is 5.34. The van der Waals surface area contributed by atoms with Gasteiger partial charge in [0.2, 0.25) is 0 Å². The van der Waals surface area contributed by atoms with Crippen molar-refractivity contribution >= 4 is 25.5 Å². The van der Waals surface area contributed by atoms with Crippen LogP contribution in [-0.2, 0) is 18.4 Å². The van der Waals surface area contributed by atoms with Gasteiger partial charge in [-0.2, -0.15) is 0 Å². The van der Waals surface area contributed by atoms with E-state index in [1.165, 1.54) is 56.6 Å². The third-order valence-electron chi connectivity index (χ3n) is 3.81. The monoisotopic (exact) mass is 380 g/mol. The molecule has 1 unspecified atom stereocenters. The van der Waals surface area contributed by atoms with E-state index in [0.717, 1.165) is 4.90 Å². The first-order chi connectivity index (χ1) is 12.3. The first-order valence-electron chi connectivity index (χ1n) is 7.47. The molecule has 2 rings (SSSR count). The molecule has 0 fully saturated rings. The molecule has 0 saturated heterocycles. The lowest BCUT2D eigenvalue weighted by molar-refractivity contribution is -0.385. The molecule has 0 saturated carbocycles. The van der Waals surface area contributed by atoms with Crippen molar-refractivity contribution in [3.05, 3.63) is 63.6 Å². The SMILES string of the molecule is COP(=O)(/C=C/C1=CN(C(=O)c2ccccc2[N+](=O)[O-])C(C=O)C1)OC. The number of aldehydes is 1. The summed E-state index contributed by atoms with van der Waals surface area (Å²) in [6, 6.07) is 4.69. The summed E-state index contributed by atoms with van der Waals surface area (Å²) in [6.07, 6.45) is 3.59. The topological polar surface area (TPSA) is 116 Å². The largest absolute Gasteiger partial charge is 0.353 e. The van der Waals surface area contributed by atoms with Crippen molar-refractivity contribution in [2.45, 2.75) is 12.5 Å². The molecule has 26 heavy (non-hydrogen) atoms. The Bertz CT molecular complexity index is 826. The summed E-state index contributed by atoms with van der Waals surface area (Å²) < 4.78 is 21.6. The minimum absolute atomic E-state index is 0.120. The summed E-state index contributed by atoms with van der Waals surface area (Å²) in [5.41, 5.74) is 0.0662. The van der Waals surface area contributed by atoms with Gasteiger partial charge < -0.3 is 18.7 Å². The van der Waals surface area contributed by atoms with E-state index < -0.39 is 24.5 Å². The fraction of sp³-hybridized carbons (Fsp3) is 0.250. The van der Waals surface area contributed by atoms with Crippen LogP contribution in [-0.4, -0.2) is 42.3 Å². The van der Waals surface area contributed by atoms with Crippen LogP contribution in [0.3, 0.4) is 0 Å². The van der Waals surface area contributed by atoms with Crippen molar-refractivity contribution in [2.75, 3.05) is 14.2 Å². The number of carbonyl (C=O) groups is 2. The van der Waals surface area contributed by atoms with Gasteiger partial charge in [-0.25, -0.2) is 0 Å². The highest BCUT2D eigenvalue weighted by Gasteiger charge is 2.32. The van der Waals surface area contributed by atoms with Crippen molar-refractivity contribution in [1.82, 2.24) is 4.90 Å².